The number of unbranched alkanes of at least 4 members (excludes halogenated alkanes) is 4. The molecule has 0 saturated heterocycles. The highest BCUT2D eigenvalue weighted by molar-refractivity contribution is 5.74. The Morgan fingerprint density at radius 1 is 1.15 bits per heavy atom. The van der Waals surface area contributed by atoms with Crippen LogP contribution in [0.2, 0.25) is 0 Å². The Balaban J connectivity index is 0.00000102. The lowest BCUT2D eigenvalue weighted by molar-refractivity contribution is -0.137. The van der Waals surface area contributed by atoms with Crippen LogP contribution in [0.25, 0.3) is 0 Å². The van der Waals surface area contributed by atoms with Crippen LogP contribution in [-0.2, 0) is 4.79 Å². The van der Waals surface area contributed by atoms with E-state index in [0.29, 0.717) is 32.2 Å². The first-order chi connectivity index (χ1) is 16.2. The third-order valence-corrected chi connectivity index (χ3v) is 5.86. The number of carboxylic acids is 1. The second-order valence-corrected chi connectivity index (χ2v) is 8.89. The lowest BCUT2D eigenvalue weighted by Crippen LogP contribution is -2.31. The molecule has 34 heavy (non-hydrogen) atoms. The highest BCUT2D eigenvalue weighted by Crippen LogP contribution is 2.36. The summed E-state index contributed by atoms with van der Waals surface area (Å²) in [5.74, 6) is -0.971. The Labute approximate surface area is 204 Å². The van der Waals surface area contributed by atoms with Crippen molar-refractivity contribution in [3.05, 3.63) is 24.3 Å². The van der Waals surface area contributed by atoms with Crippen molar-refractivity contribution in [2.45, 2.75) is 95.9 Å². The van der Waals surface area contributed by atoms with Crippen LogP contribution in [0.1, 0.15) is 77.6 Å². The molecule has 1 aliphatic carbocycles. The molecule has 0 amide bonds. The van der Waals surface area contributed by atoms with Crippen molar-refractivity contribution in [2.75, 3.05) is 13.1 Å². The molecule has 0 bridgehead atoms. The molecular weight excluding hydrogens is 436 g/mol. The van der Waals surface area contributed by atoms with E-state index < -0.39 is 24.3 Å². The van der Waals surface area contributed by atoms with Crippen molar-refractivity contribution < 1.29 is 25.2 Å². The molecule has 5 atom stereocenters. The van der Waals surface area contributed by atoms with Gasteiger partial charge >= 0.3 is 5.97 Å². The van der Waals surface area contributed by atoms with Crippen LogP contribution in [0, 0.1) is 17.2 Å². The van der Waals surface area contributed by atoms with Crippen molar-refractivity contribution in [3.63, 3.8) is 0 Å². The highest BCUT2D eigenvalue weighted by atomic mass is 16.4. The molecule has 0 aromatic carbocycles. The topological polar surface area (TPSA) is 186 Å². The van der Waals surface area contributed by atoms with Crippen molar-refractivity contribution in [1.29, 1.82) is 5.41 Å². The number of allylic oxidation sites excluding steroid dienone is 2. The number of nitrogens with one attached hydrogen (secondary N) is 2. The van der Waals surface area contributed by atoms with Gasteiger partial charge in [-0.1, -0.05) is 50.5 Å². The number of aliphatic hydroxyl groups is 3. The Hall–Kier alpha value is -1.94. The van der Waals surface area contributed by atoms with E-state index in [1.165, 1.54) is 0 Å². The van der Waals surface area contributed by atoms with Gasteiger partial charge in [-0.15, -0.1) is 0 Å². The summed E-state index contributed by atoms with van der Waals surface area (Å²) < 4.78 is 0. The van der Waals surface area contributed by atoms with Crippen LogP contribution < -0.4 is 16.8 Å². The van der Waals surface area contributed by atoms with Gasteiger partial charge < -0.3 is 37.2 Å². The van der Waals surface area contributed by atoms with Crippen molar-refractivity contribution in [3.8, 4) is 0 Å². The predicted octanol–water partition coefficient (Wildman–Crippen LogP) is 2.25. The fraction of sp³-hybridized carbons (Fsp3) is 0.760. The van der Waals surface area contributed by atoms with Gasteiger partial charge in [0.05, 0.1) is 18.3 Å². The molecule has 0 radical (unpaired) electrons. The molecule has 9 nitrogen and oxygen atoms in total. The maximum Gasteiger partial charge on any atom is 0.303 e. The molecule has 0 spiro atoms. The van der Waals surface area contributed by atoms with Crippen LogP contribution in [0.4, 0.5) is 0 Å². The summed E-state index contributed by atoms with van der Waals surface area (Å²) in [5, 5.41) is 48.4. The molecule has 1 aliphatic rings. The number of carboxylic acid groups (broad SMARTS) is 1. The molecule has 0 aromatic rings. The second-order valence-electron chi connectivity index (χ2n) is 8.89. The summed E-state index contributed by atoms with van der Waals surface area (Å²) in [4.78, 5) is 10.5. The predicted molar refractivity (Wildman–Crippen MR) is 136 cm³/mol. The molecule has 0 heterocycles. The molecule has 1 rings (SSSR count). The zero-order valence-corrected chi connectivity index (χ0v) is 20.7. The minimum Gasteiger partial charge on any atom is -0.481 e. The van der Waals surface area contributed by atoms with E-state index in [1.54, 1.807) is 6.08 Å². The number of hydrogen-bond donors (Lipinski definition) is 8. The van der Waals surface area contributed by atoms with Crippen LogP contribution in [0.15, 0.2) is 24.3 Å². The van der Waals surface area contributed by atoms with E-state index in [4.69, 9.17) is 22.0 Å². The Morgan fingerprint density at radius 3 is 2.50 bits per heavy atom. The van der Waals surface area contributed by atoms with Gasteiger partial charge in [-0.25, -0.2) is 0 Å². The van der Waals surface area contributed by atoms with E-state index in [0.717, 1.165) is 45.1 Å². The summed E-state index contributed by atoms with van der Waals surface area (Å²) in [7, 11) is 0. The number of guanidine groups is 1. The monoisotopic (exact) mass is 484 g/mol. The van der Waals surface area contributed by atoms with Gasteiger partial charge in [0.2, 0.25) is 0 Å². The zero-order valence-electron chi connectivity index (χ0n) is 20.7. The van der Waals surface area contributed by atoms with E-state index in [9.17, 15) is 20.1 Å². The third-order valence-electron chi connectivity index (χ3n) is 5.86. The van der Waals surface area contributed by atoms with E-state index >= 15 is 0 Å². The molecule has 9 heteroatoms. The highest BCUT2D eigenvalue weighted by Gasteiger charge is 2.39. The minimum absolute atomic E-state index is 0.0343. The summed E-state index contributed by atoms with van der Waals surface area (Å²) in [6, 6.07) is 0. The standard InChI is InChI=1S/C20H34O5.C5H14N4/c1-2-3-6-9-15(21)12-13-17-16(18(22)14-19(17)23)10-7-4-5-8-11-20(24)25;6-3-1-2-4-9-5(7)8/h4,7,12-13,15-19,21-23H,2-3,5-6,8-11,14H2,1H3,(H,24,25);1-4,6H2,(H4,7,8,9)/b7-4-,13-12+;/t15-,16+,17+,18+,19+;/m0./s1. The number of rotatable bonds is 16. The third kappa shape index (κ3) is 16.6. The smallest absolute Gasteiger partial charge is 0.303 e. The lowest BCUT2D eigenvalue weighted by atomic mass is 9.89. The molecule has 1 saturated carbocycles. The summed E-state index contributed by atoms with van der Waals surface area (Å²) in [6.07, 6.45) is 14.3. The maximum absolute atomic E-state index is 10.5. The quantitative estimate of drug-likeness (QED) is 0.0709. The van der Waals surface area contributed by atoms with Gasteiger partial charge in [0.15, 0.2) is 5.96 Å². The summed E-state index contributed by atoms with van der Waals surface area (Å²) >= 11 is 0. The maximum atomic E-state index is 10.5. The first-order valence-electron chi connectivity index (χ1n) is 12.6. The summed E-state index contributed by atoms with van der Waals surface area (Å²) in [5.41, 5.74) is 10.2. The van der Waals surface area contributed by atoms with Gasteiger partial charge in [0.25, 0.3) is 0 Å². The van der Waals surface area contributed by atoms with Crippen LogP contribution in [0.3, 0.4) is 0 Å². The van der Waals surface area contributed by atoms with Gasteiger partial charge in [0.1, 0.15) is 0 Å². The fourth-order valence-corrected chi connectivity index (χ4v) is 3.90. The Bertz CT molecular complexity index is 600. The Kier molecular flexibility index (Phi) is 19.3. The first kappa shape index (κ1) is 32.1. The zero-order chi connectivity index (χ0) is 25.8. The summed E-state index contributed by atoms with van der Waals surface area (Å²) in [6.45, 7) is 3.59. The van der Waals surface area contributed by atoms with Crippen molar-refractivity contribution >= 4 is 11.9 Å². The average molecular weight is 485 g/mol. The normalized spacial score (nSPS) is 23.1. The Morgan fingerprint density at radius 2 is 1.88 bits per heavy atom. The first-order valence-corrected chi connectivity index (χ1v) is 12.6. The fourth-order valence-electron chi connectivity index (χ4n) is 3.90. The number of nitrogens with two attached hydrogens (primary N) is 2. The molecular formula is C25H48N4O5. The second kappa shape index (κ2) is 20.4. The molecule has 0 aliphatic heterocycles. The lowest BCUT2D eigenvalue weighted by Gasteiger charge is -2.19. The largest absolute Gasteiger partial charge is 0.481 e. The average Bonchev–Trinajstić information content (AvgIpc) is 3.04. The van der Waals surface area contributed by atoms with E-state index in [-0.39, 0.29) is 24.2 Å². The van der Waals surface area contributed by atoms with E-state index in [1.807, 2.05) is 18.2 Å². The number of aliphatic carboxylic acids is 1. The SMILES string of the molecule is CCCCC[C@H](O)/C=C/[C@@H]1[C@@H](C/C=C\CCCC(=O)O)[C@H](O)C[C@H]1O.N=C(N)NCCCCN. The van der Waals surface area contributed by atoms with Crippen LogP contribution in [-0.4, -0.2) is 63.8 Å². The molecule has 10 N–H and O–H groups in total. The number of aliphatic hydroxyl groups excluding tert-OH is 3. The molecule has 1 fully saturated rings. The van der Waals surface area contributed by atoms with Crippen LogP contribution >= 0.6 is 0 Å². The van der Waals surface area contributed by atoms with Gasteiger partial charge in [0, 0.05) is 25.3 Å². The molecule has 0 unspecified atom stereocenters. The van der Waals surface area contributed by atoms with Crippen LogP contribution in [0.5, 0.6) is 0 Å². The van der Waals surface area contributed by atoms with Crippen molar-refractivity contribution in [1.82, 2.24) is 5.32 Å². The number of hydrogen-bond acceptors (Lipinski definition) is 6. The minimum atomic E-state index is -0.787. The molecule has 198 valence electrons. The van der Waals surface area contributed by atoms with Gasteiger partial charge in [-0.05, 0) is 51.0 Å². The van der Waals surface area contributed by atoms with Gasteiger partial charge in [-0.3, -0.25) is 10.2 Å². The number of carbonyl (C=O) groups is 1. The van der Waals surface area contributed by atoms with Crippen molar-refractivity contribution in [2.24, 2.45) is 23.3 Å². The van der Waals surface area contributed by atoms with Gasteiger partial charge in [-0.2, -0.15) is 0 Å². The van der Waals surface area contributed by atoms with E-state index in [2.05, 4.69) is 12.2 Å². The molecule has 0 aromatic heterocycles.